The summed E-state index contributed by atoms with van der Waals surface area (Å²) < 4.78 is 26.8. The van der Waals surface area contributed by atoms with Crippen LogP contribution in [0, 0.1) is 0 Å². The molecule has 1 N–H and O–H groups in total. The van der Waals surface area contributed by atoms with E-state index in [2.05, 4.69) is 5.32 Å². The highest BCUT2D eigenvalue weighted by atomic mass is 31.2. The lowest BCUT2D eigenvalue weighted by Crippen LogP contribution is -2.22. The molecule has 7 heteroatoms. The molecular formula is C11H16NO5P. The van der Waals surface area contributed by atoms with Crippen LogP contribution in [-0.4, -0.2) is 27.4 Å². The molecule has 1 amide bonds. The lowest BCUT2D eigenvalue weighted by Gasteiger charge is -2.15. The minimum absolute atomic E-state index is 0.0349. The van der Waals surface area contributed by atoms with Crippen molar-refractivity contribution in [3.63, 3.8) is 0 Å². The van der Waals surface area contributed by atoms with E-state index >= 15 is 0 Å². The van der Waals surface area contributed by atoms with E-state index in [4.69, 9.17) is 13.8 Å². The van der Waals surface area contributed by atoms with Crippen LogP contribution >= 0.6 is 7.60 Å². The molecule has 0 radical (unpaired) electrons. The molecule has 0 heterocycles. The lowest BCUT2D eigenvalue weighted by molar-refractivity contribution is 0.202. The van der Waals surface area contributed by atoms with Gasteiger partial charge >= 0.3 is 13.7 Å². The Morgan fingerprint density at radius 3 is 2.44 bits per heavy atom. The van der Waals surface area contributed by atoms with Crippen LogP contribution in [0.15, 0.2) is 24.3 Å². The van der Waals surface area contributed by atoms with Crippen molar-refractivity contribution in [1.29, 1.82) is 0 Å². The van der Waals surface area contributed by atoms with E-state index in [0.717, 1.165) is 0 Å². The van der Waals surface area contributed by atoms with Gasteiger partial charge in [-0.05, 0) is 6.07 Å². The average Bonchev–Trinajstić information content (AvgIpc) is 2.40. The van der Waals surface area contributed by atoms with E-state index in [-0.39, 0.29) is 6.16 Å². The van der Waals surface area contributed by atoms with Gasteiger partial charge in [0.25, 0.3) is 0 Å². The molecule has 1 aromatic rings. The summed E-state index contributed by atoms with van der Waals surface area (Å²) in [4.78, 5) is 11.2. The minimum atomic E-state index is -3.19. The smallest absolute Gasteiger partial charge is 0.410 e. The molecule has 100 valence electrons. The summed E-state index contributed by atoms with van der Waals surface area (Å²) in [5.41, 5.74) is 0.577. The first-order chi connectivity index (χ1) is 8.54. The predicted molar refractivity (Wildman–Crippen MR) is 66.9 cm³/mol. The van der Waals surface area contributed by atoms with Crippen LogP contribution in [0.3, 0.4) is 0 Å². The molecule has 1 aromatic carbocycles. The molecule has 6 nitrogen and oxygen atoms in total. The largest absolute Gasteiger partial charge is 0.412 e. The summed E-state index contributed by atoms with van der Waals surface area (Å²) in [5, 5.41) is 2.34. The Morgan fingerprint density at radius 1 is 1.28 bits per heavy atom. The molecule has 0 bridgehead atoms. The lowest BCUT2D eigenvalue weighted by atomic mass is 10.2. The molecule has 0 atom stereocenters. The van der Waals surface area contributed by atoms with Crippen LogP contribution < -0.4 is 10.1 Å². The van der Waals surface area contributed by atoms with Crippen molar-refractivity contribution in [3.8, 4) is 5.75 Å². The van der Waals surface area contributed by atoms with Gasteiger partial charge in [-0.25, -0.2) is 4.79 Å². The van der Waals surface area contributed by atoms with Crippen molar-refractivity contribution >= 4 is 13.7 Å². The maximum Gasteiger partial charge on any atom is 0.412 e. The van der Waals surface area contributed by atoms with Crippen molar-refractivity contribution in [2.75, 3.05) is 21.3 Å². The Bertz CT molecular complexity index is 455. The van der Waals surface area contributed by atoms with Crippen molar-refractivity contribution in [2.45, 2.75) is 6.16 Å². The first-order valence-electron chi connectivity index (χ1n) is 5.22. The zero-order chi connectivity index (χ0) is 13.6. The molecule has 0 aliphatic heterocycles. The van der Waals surface area contributed by atoms with Gasteiger partial charge in [-0.2, -0.15) is 0 Å². The van der Waals surface area contributed by atoms with E-state index in [0.29, 0.717) is 11.3 Å². The summed E-state index contributed by atoms with van der Waals surface area (Å²) in [7, 11) is 0.889. The average molecular weight is 273 g/mol. The van der Waals surface area contributed by atoms with Crippen molar-refractivity contribution in [2.24, 2.45) is 0 Å². The van der Waals surface area contributed by atoms with Crippen molar-refractivity contribution < 1.29 is 23.1 Å². The molecule has 0 aromatic heterocycles. The van der Waals surface area contributed by atoms with Crippen molar-refractivity contribution in [1.82, 2.24) is 5.32 Å². The van der Waals surface area contributed by atoms with E-state index in [1.165, 1.54) is 21.3 Å². The molecule has 0 fully saturated rings. The van der Waals surface area contributed by atoms with Crippen molar-refractivity contribution in [3.05, 3.63) is 29.8 Å². The number of ether oxygens (including phenoxy) is 1. The number of carbonyl (C=O) groups is 1. The monoisotopic (exact) mass is 273 g/mol. The van der Waals surface area contributed by atoms with Gasteiger partial charge in [0.2, 0.25) is 0 Å². The van der Waals surface area contributed by atoms with Gasteiger partial charge < -0.3 is 19.1 Å². The van der Waals surface area contributed by atoms with E-state index in [9.17, 15) is 9.36 Å². The van der Waals surface area contributed by atoms with Crippen LogP contribution in [0.1, 0.15) is 5.56 Å². The van der Waals surface area contributed by atoms with Gasteiger partial charge in [-0.1, -0.05) is 18.2 Å². The molecule has 0 unspecified atom stereocenters. The van der Waals surface area contributed by atoms with Gasteiger partial charge in [0, 0.05) is 26.8 Å². The molecular weight excluding hydrogens is 257 g/mol. The summed E-state index contributed by atoms with van der Waals surface area (Å²) in [6.07, 6.45) is -0.556. The SMILES string of the molecule is CNC(=O)Oc1ccccc1CP(=O)(OC)OC. The topological polar surface area (TPSA) is 73.9 Å². The van der Waals surface area contributed by atoms with Crippen LogP contribution in [-0.2, 0) is 19.8 Å². The highest BCUT2D eigenvalue weighted by Crippen LogP contribution is 2.50. The summed E-state index contributed by atoms with van der Waals surface area (Å²) in [6, 6.07) is 6.78. The number of para-hydroxylation sites is 1. The number of rotatable bonds is 5. The molecule has 18 heavy (non-hydrogen) atoms. The third kappa shape index (κ3) is 3.84. The Hall–Kier alpha value is -1.36. The Balaban J connectivity index is 2.95. The molecule has 1 rings (SSSR count). The predicted octanol–water partition coefficient (Wildman–Crippen LogP) is 2.39. The van der Waals surface area contributed by atoms with Crippen LogP contribution in [0.4, 0.5) is 4.79 Å². The molecule has 0 aliphatic rings. The Morgan fingerprint density at radius 2 is 1.89 bits per heavy atom. The second-order valence-electron chi connectivity index (χ2n) is 3.38. The Labute approximate surface area is 106 Å². The summed E-state index contributed by atoms with van der Waals surface area (Å²) in [5.74, 6) is 0.325. The maximum absolute atomic E-state index is 12.0. The summed E-state index contributed by atoms with van der Waals surface area (Å²) in [6.45, 7) is 0. The third-order valence-electron chi connectivity index (χ3n) is 2.30. The van der Waals surface area contributed by atoms with Crippen LogP contribution in [0.5, 0.6) is 5.75 Å². The second-order valence-corrected chi connectivity index (χ2v) is 5.65. The Kier molecular flexibility index (Phi) is 5.34. The van der Waals surface area contributed by atoms with Gasteiger partial charge in [0.1, 0.15) is 5.75 Å². The molecule has 0 aliphatic carbocycles. The number of amides is 1. The van der Waals surface area contributed by atoms with Crippen LogP contribution in [0.25, 0.3) is 0 Å². The second kappa shape index (κ2) is 6.54. The molecule has 0 spiro atoms. The fourth-order valence-corrected chi connectivity index (χ4v) is 2.38. The minimum Gasteiger partial charge on any atom is -0.410 e. The standard InChI is InChI=1S/C11H16NO5P/c1-12-11(13)17-10-7-5-4-6-9(10)8-18(14,15-2)16-3/h4-7H,8H2,1-3H3,(H,12,13). The number of hydrogen-bond donors (Lipinski definition) is 1. The molecule has 0 saturated heterocycles. The fraction of sp³-hybridized carbons (Fsp3) is 0.364. The number of carbonyl (C=O) groups excluding carboxylic acids is 1. The zero-order valence-electron chi connectivity index (χ0n) is 10.5. The first kappa shape index (κ1) is 14.7. The van der Waals surface area contributed by atoms with Gasteiger partial charge in [0.05, 0.1) is 6.16 Å². The third-order valence-corrected chi connectivity index (χ3v) is 4.14. The fourth-order valence-electron chi connectivity index (χ4n) is 1.30. The van der Waals surface area contributed by atoms with E-state index in [1.54, 1.807) is 24.3 Å². The normalized spacial score (nSPS) is 11.1. The number of nitrogens with one attached hydrogen (secondary N) is 1. The number of benzene rings is 1. The van der Waals surface area contributed by atoms with Gasteiger partial charge in [0.15, 0.2) is 0 Å². The first-order valence-corrected chi connectivity index (χ1v) is 6.95. The van der Waals surface area contributed by atoms with Gasteiger partial charge in [-0.3, -0.25) is 4.57 Å². The maximum atomic E-state index is 12.0. The van der Waals surface area contributed by atoms with Crippen LogP contribution in [0.2, 0.25) is 0 Å². The van der Waals surface area contributed by atoms with E-state index < -0.39 is 13.7 Å². The van der Waals surface area contributed by atoms with Gasteiger partial charge in [-0.15, -0.1) is 0 Å². The quantitative estimate of drug-likeness (QED) is 0.834. The van der Waals surface area contributed by atoms with E-state index in [1.807, 2.05) is 0 Å². The molecule has 0 saturated carbocycles. The highest BCUT2D eigenvalue weighted by molar-refractivity contribution is 7.52. The highest BCUT2D eigenvalue weighted by Gasteiger charge is 2.24. The summed E-state index contributed by atoms with van der Waals surface area (Å²) >= 11 is 0. The zero-order valence-corrected chi connectivity index (χ0v) is 11.4. The number of hydrogen-bond acceptors (Lipinski definition) is 5.